The molecule has 0 radical (unpaired) electrons. The van der Waals surface area contributed by atoms with Crippen LogP contribution in [0.3, 0.4) is 0 Å². The summed E-state index contributed by atoms with van der Waals surface area (Å²) in [7, 11) is 1.85. The highest BCUT2D eigenvalue weighted by molar-refractivity contribution is 7.15. The molecule has 3 aromatic heterocycles. The Hall–Kier alpha value is -1.87. The number of aryl methyl sites for hydroxylation is 1. The van der Waals surface area contributed by atoms with Crippen molar-refractivity contribution >= 4 is 27.8 Å². The topological polar surface area (TPSA) is 55.6 Å². The number of hydrogen-bond acceptors (Lipinski definition) is 6. The molecule has 3 rings (SSSR count). The Kier molecular flexibility index (Phi) is 3.93. The van der Waals surface area contributed by atoms with Crippen molar-refractivity contribution in [3.8, 4) is 10.6 Å². The summed E-state index contributed by atoms with van der Waals surface area (Å²) < 4.78 is 26.7. The molecule has 0 aliphatic carbocycles. The zero-order chi connectivity index (χ0) is 14.8. The minimum Gasteiger partial charge on any atom is -0.356 e. The average Bonchev–Trinajstić information content (AvgIpc) is 3.16. The monoisotopic (exact) mass is 327 g/mol. The van der Waals surface area contributed by atoms with Crippen LogP contribution in [0.2, 0.25) is 0 Å². The van der Waals surface area contributed by atoms with E-state index in [0.717, 1.165) is 27.5 Å². The van der Waals surface area contributed by atoms with E-state index >= 15 is 0 Å². The van der Waals surface area contributed by atoms with Crippen LogP contribution in [0.5, 0.6) is 0 Å². The first-order valence-corrected chi connectivity index (χ1v) is 7.75. The van der Waals surface area contributed by atoms with Crippen molar-refractivity contribution in [3.05, 3.63) is 34.3 Å². The third kappa shape index (κ3) is 3.08. The Morgan fingerprint density at radius 1 is 1.38 bits per heavy atom. The predicted molar refractivity (Wildman–Crippen MR) is 78.7 cm³/mol. The van der Waals surface area contributed by atoms with E-state index in [1.807, 2.05) is 30.8 Å². The van der Waals surface area contributed by atoms with Crippen molar-refractivity contribution in [2.75, 3.05) is 5.32 Å². The van der Waals surface area contributed by atoms with E-state index < -0.39 is 6.43 Å². The first-order chi connectivity index (χ1) is 10.1. The average molecular weight is 327 g/mol. The fourth-order valence-corrected chi connectivity index (χ4v) is 3.19. The van der Waals surface area contributed by atoms with Crippen LogP contribution in [0.1, 0.15) is 17.0 Å². The quantitative estimate of drug-likeness (QED) is 0.778. The molecule has 9 heteroatoms. The third-order valence-corrected chi connectivity index (χ3v) is 4.48. The van der Waals surface area contributed by atoms with Crippen LogP contribution < -0.4 is 5.32 Å². The van der Waals surface area contributed by atoms with Gasteiger partial charge in [0.1, 0.15) is 5.69 Å². The number of nitrogens with one attached hydrogen (secondary N) is 1. The number of anilines is 1. The Morgan fingerprint density at radius 3 is 2.90 bits per heavy atom. The highest BCUT2D eigenvalue weighted by Gasteiger charge is 2.15. The summed E-state index contributed by atoms with van der Waals surface area (Å²) in [5.74, 6) is 0. The zero-order valence-electron chi connectivity index (χ0n) is 11.0. The summed E-state index contributed by atoms with van der Waals surface area (Å²) in [4.78, 5) is 1.07. The van der Waals surface area contributed by atoms with Gasteiger partial charge in [0, 0.05) is 25.4 Å². The van der Waals surface area contributed by atoms with Crippen molar-refractivity contribution in [2.24, 2.45) is 7.05 Å². The van der Waals surface area contributed by atoms with Gasteiger partial charge in [-0.2, -0.15) is 5.10 Å². The number of thiophene rings is 1. The molecule has 0 aromatic carbocycles. The number of halogens is 2. The van der Waals surface area contributed by atoms with Gasteiger partial charge >= 0.3 is 0 Å². The number of aromatic nitrogens is 4. The highest BCUT2D eigenvalue weighted by atomic mass is 32.1. The summed E-state index contributed by atoms with van der Waals surface area (Å²) in [5, 5.41) is 16.7. The molecule has 1 N–H and O–H groups in total. The molecule has 0 fully saturated rings. The van der Waals surface area contributed by atoms with Crippen LogP contribution in [0, 0.1) is 0 Å². The summed E-state index contributed by atoms with van der Waals surface area (Å²) in [6.45, 7) is 0.457. The molecule has 5 nitrogen and oxygen atoms in total. The second-order valence-electron chi connectivity index (χ2n) is 4.25. The van der Waals surface area contributed by atoms with Crippen molar-refractivity contribution < 1.29 is 8.78 Å². The minimum absolute atomic E-state index is 0.276. The zero-order valence-corrected chi connectivity index (χ0v) is 12.6. The summed E-state index contributed by atoms with van der Waals surface area (Å²) in [6, 6.07) is 3.96. The number of hydrogen-bond donors (Lipinski definition) is 1. The van der Waals surface area contributed by atoms with Crippen molar-refractivity contribution in [2.45, 2.75) is 13.0 Å². The van der Waals surface area contributed by atoms with E-state index in [1.165, 1.54) is 0 Å². The van der Waals surface area contributed by atoms with Crippen LogP contribution in [-0.4, -0.2) is 20.0 Å². The predicted octanol–water partition coefficient (Wildman–Crippen LogP) is 3.55. The molecule has 3 aromatic rings. The third-order valence-electron chi connectivity index (χ3n) is 2.72. The van der Waals surface area contributed by atoms with Crippen molar-refractivity contribution in [3.63, 3.8) is 0 Å². The van der Waals surface area contributed by atoms with Gasteiger partial charge in [0.25, 0.3) is 6.43 Å². The maximum atomic E-state index is 12.5. The van der Waals surface area contributed by atoms with Gasteiger partial charge in [-0.05, 0) is 11.4 Å². The van der Waals surface area contributed by atoms with E-state index in [1.54, 1.807) is 16.0 Å². The van der Waals surface area contributed by atoms with Crippen LogP contribution in [0.15, 0.2) is 23.7 Å². The largest absolute Gasteiger partial charge is 0.356 e. The smallest absolute Gasteiger partial charge is 0.291 e. The Labute approximate surface area is 127 Å². The lowest BCUT2D eigenvalue weighted by atomic mass is 10.2. The summed E-state index contributed by atoms with van der Waals surface area (Å²) in [6.07, 6.45) is -0.685. The molecule has 0 saturated heterocycles. The van der Waals surface area contributed by atoms with E-state index in [9.17, 15) is 8.78 Å². The molecule has 0 amide bonds. The maximum absolute atomic E-state index is 12.5. The molecule has 21 heavy (non-hydrogen) atoms. The first-order valence-electron chi connectivity index (χ1n) is 6.05. The van der Waals surface area contributed by atoms with Gasteiger partial charge in [0.05, 0.1) is 4.88 Å². The van der Waals surface area contributed by atoms with E-state index in [0.29, 0.717) is 11.7 Å². The van der Waals surface area contributed by atoms with E-state index in [4.69, 9.17) is 0 Å². The molecular weight excluding hydrogens is 316 g/mol. The van der Waals surface area contributed by atoms with Crippen molar-refractivity contribution in [1.82, 2.24) is 20.0 Å². The number of alkyl halides is 2. The second-order valence-corrected chi connectivity index (χ2v) is 6.21. The summed E-state index contributed by atoms with van der Waals surface area (Å²) >= 11 is 2.47. The van der Waals surface area contributed by atoms with E-state index in [-0.39, 0.29) is 5.01 Å². The van der Waals surface area contributed by atoms with Gasteiger partial charge in [-0.25, -0.2) is 8.78 Å². The SMILES string of the molecule is Cn1cc(CNc2nnc(C(F)F)s2)c(-c2cccs2)n1. The highest BCUT2D eigenvalue weighted by Crippen LogP contribution is 2.28. The lowest BCUT2D eigenvalue weighted by Crippen LogP contribution is -1.99. The Balaban J connectivity index is 1.76. The normalized spacial score (nSPS) is 11.2. The van der Waals surface area contributed by atoms with Gasteiger partial charge in [-0.1, -0.05) is 17.4 Å². The Morgan fingerprint density at radius 2 is 2.24 bits per heavy atom. The molecule has 0 bridgehead atoms. The van der Waals surface area contributed by atoms with Gasteiger partial charge in [-0.15, -0.1) is 21.5 Å². The molecule has 0 spiro atoms. The van der Waals surface area contributed by atoms with Gasteiger partial charge < -0.3 is 5.32 Å². The number of rotatable bonds is 5. The van der Waals surface area contributed by atoms with E-state index in [2.05, 4.69) is 20.6 Å². The lowest BCUT2D eigenvalue weighted by molar-refractivity contribution is 0.150. The van der Waals surface area contributed by atoms with Gasteiger partial charge in [0.15, 0.2) is 5.01 Å². The fourth-order valence-electron chi connectivity index (χ4n) is 1.85. The fraction of sp³-hybridized carbons (Fsp3) is 0.250. The van der Waals surface area contributed by atoms with Crippen LogP contribution >= 0.6 is 22.7 Å². The van der Waals surface area contributed by atoms with Crippen LogP contribution in [0.25, 0.3) is 10.6 Å². The molecule has 0 aliphatic rings. The minimum atomic E-state index is -2.59. The van der Waals surface area contributed by atoms with Crippen LogP contribution in [-0.2, 0) is 13.6 Å². The summed E-state index contributed by atoms with van der Waals surface area (Å²) in [5.41, 5.74) is 1.87. The Bertz CT molecular complexity index is 720. The molecule has 0 atom stereocenters. The maximum Gasteiger partial charge on any atom is 0.291 e. The molecule has 3 heterocycles. The van der Waals surface area contributed by atoms with Crippen molar-refractivity contribution in [1.29, 1.82) is 0 Å². The standard InChI is InChI=1S/C12H11F2N5S2/c1-19-6-7(9(18-19)8-3-2-4-20-8)5-15-12-17-16-11(21-12)10(13)14/h2-4,6,10H,5H2,1H3,(H,15,17). The first kappa shape index (κ1) is 14.1. The van der Waals surface area contributed by atoms with Crippen LogP contribution in [0.4, 0.5) is 13.9 Å². The molecule has 110 valence electrons. The molecule has 0 aliphatic heterocycles. The van der Waals surface area contributed by atoms with Gasteiger partial charge in [-0.3, -0.25) is 4.68 Å². The number of nitrogens with zero attached hydrogens (tertiary/aromatic N) is 4. The second kappa shape index (κ2) is 5.86. The van der Waals surface area contributed by atoms with Gasteiger partial charge in [0.2, 0.25) is 5.13 Å². The molecule has 0 unspecified atom stereocenters. The molecule has 0 saturated carbocycles. The molecular formula is C12H11F2N5S2. The lowest BCUT2D eigenvalue weighted by Gasteiger charge is -2.01.